The predicted octanol–water partition coefficient (Wildman–Crippen LogP) is 3.33. The SMILES string of the molecule is Cc1c(CC2CCCNC2)ccc(F)c1Cl. The van der Waals surface area contributed by atoms with Crippen LogP contribution in [0.1, 0.15) is 24.0 Å². The summed E-state index contributed by atoms with van der Waals surface area (Å²) in [6.07, 6.45) is 3.49. The van der Waals surface area contributed by atoms with E-state index in [9.17, 15) is 4.39 Å². The highest BCUT2D eigenvalue weighted by Crippen LogP contribution is 2.26. The Kier molecular flexibility index (Phi) is 3.82. The molecule has 0 saturated carbocycles. The highest BCUT2D eigenvalue weighted by molar-refractivity contribution is 6.31. The Labute approximate surface area is 101 Å². The molecule has 1 heterocycles. The van der Waals surface area contributed by atoms with Gasteiger partial charge in [-0.2, -0.15) is 0 Å². The molecule has 1 aromatic rings. The number of halogens is 2. The number of piperidine rings is 1. The van der Waals surface area contributed by atoms with Crippen LogP contribution >= 0.6 is 11.6 Å². The topological polar surface area (TPSA) is 12.0 Å². The molecule has 1 saturated heterocycles. The lowest BCUT2D eigenvalue weighted by atomic mass is 9.90. The molecule has 88 valence electrons. The van der Waals surface area contributed by atoms with Crippen molar-refractivity contribution in [3.05, 3.63) is 34.1 Å². The lowest BCUT2D eigenvalue weighted by Crippen LogP contribution is -2.31. The lowest BCUT2D eigenvalue weighted by Gasteiger charge is -2.23. The van der Waals surface area contributed by atoms with Crippen molar-refractivity contribution in [3.8, 4) is 0 Å². The van der Waals surface area contributed by atoms with Gasteiger partial charge in [0.05, 0.1) is 5.02 Å². The zero-order chi connectivity index (χ0) is 11.5. The first-order valence-corrected chi connectivity index (χ1v) is 6.20. The van der Waals surface area contributed by atoms with E-state index in [1.54, 1.807) is 0 Å². The fourth-order valence-corrected chi connectivity index (χ4v) is 2.51. The van der Waals surface area contributed by atoms with E-state index in [1.165, 1.54) is 24.5 Å². The van der Waals surface area contributed by atoms with Gasteiger partial charge in [0.2, 0.25) is 0 Å². The van der Waals surface area contributed by atoms with Gasteiger partial charge in [0.15, 0.2) is 0 Å². The second-order valence-corrected chi connectivity index (χ2v) is 4.94. The highest BCUT2D eigenvalue weighted by atomic mass is 35.5. The van der Waals surface area contributed by atoms with Crippen LogP contribution in [0.2, 0.25) is 5.02 Å². The van der Waals surface area contributed by atoms with Crippen molar-refractivity contribution in [1.29, 1.82) is 0 Å². The summed E-state index contributed by atoms with van der Waals surface area (Å²) < 4.78 is 13.2. The predicted molar refractivity (Wildman–Crippen MR) is 65.4 cm³/mol. The third-order valence-corrected chi connectivity index (χ3v) is 3.82. The van der Waals surface area contributed by atoms with Crippen molar-refractivity contribution in [2.45, 2.75) is 26.2 Å². The first-order chi connectivity index (χ1) is 7.68. The van der Waals surface area contributed by atoms with Crippen molar-refractivity contribution < 1.29 is 4.39 Å². The van der Waals surface area contributed by atoms with Gasteiger partial charge < -0.3 is 5.32 Å². The van der Waals surface area contributed by atoms with Crippen LogP contribution in [0.3, 0.4) is 0 Å². The molecule has 1 unspecified atom stereocenters. The summed E-state index contributed by atoms with van der Waals surface area (Å²) in [7, 11) is 0. The molecule has 3 heteroatoms. The van der Waals surface area contributed by atoms with Crippen molar-refractivity contribution in [2.24, 2.45) is 5.92 Å². The van der Waals surface area contributed by atoms with Gasteiger partial charge in [0.1, 0.15) is 5.82 Å². The number of rotatable bonds is 2. The molecule has 1 aliphatic heterocycles. The molecule has 0 radical (unpaired) electrons. The van der Waals surface area contributed by atoms with Gasteiger partial charge in [-0.25, -0.2) is 4.39 Å². The largest absolute Gasteiger partial charge is 0.316 e. The molecule has 0 aromatic heterocycles. The number of benzene rings is 1. The third-order valence-electron chi connectivity index (χ3n) is 3.36. The van der Waals surface area contributed by atoms with Crippen molar-refractivity contribution in [2.75, 3.05) is 13.1 Å². The van der Waals surface area contributed by atoms with Crippen LogP contribution < -0.4 is 5.32 Å². The maximum Gasteiger partial charge on any atom is 0.142 e. The van der Waals surface area contributed by atoms with Gasteiger partial charge in [-0.3, -0.25) is 0 Å². The quantitative estimate of drug-likeness (QED) is 0.838. The van der Waals surface area contributed by atoms with E-state index in [2.05, 4.69) is 5.32 Å². The Balaban J connectivity index is 2.11. The van der Waals surface area contributed by atoms with Crippen LogP contribution in [-0.2, 0) is 6.42 Å². The summed E-state index contributed by atoms with van der Waals surface area (Å²) in [5.74, 6) is 0.346. The highest BCUT2D eigenvalue weighted by Gasteiger charge is 2.16. The van der Waals surface area contributed by atoms with E-state index < -0.39 is 0 Å². The van der Waals surface area contributed by atoms with Crippen LogP contribution in [0, 0.1) is 18.7 Å². The number of nitrogens with one attached hydrogen (secondary N) is 1. The Hall–Kier alpha value is -0.600. The maximum atomic E-state index is 13.2. The molecule has 1 aromatic carbocycles. The first-order valence-electron chi connectivity index (χ1n) is 5.82. The lowest BCUT2D eigenvalue weighted by molar-refractivity contribution is 0.375. The van der Waals surface area contributed by atoms with Crippen LogP contribution in [0.4, 0.5) is 4.39 Å². The van der Waals surface area contributed by atoms with Crippen molar-refractivity contribution in [1.82, 2.24) is 5.32 Å². The molecule has 2 rings (SSSR count). The fraction of sp³-hybridized carbons (Fsp3) is 0.538. The molecule has 1 fully saturated rings. The molecule has 0 spiro atoms. The molecule has 16 heavy (non-hydrogen) atoms. The van der Waals surface area contributed by atoms with E-state index in [1.807, 2.05) is 13.0 Å². The Morgan fingerprint density at radius 3 is 3.00 bits per heavy atom. The summed E-state index contributed by atoms with van der Waals surface area (Å²) in [6.45, 7) is 4.09. The van der Waals surface area contributed by atoms with Crippen LogP contribution in [0.25, 0.3) is 0 Å². The van der Waals surface area contributed by atoms with Gasteiger partial charge in [0.25, 0.3) is 0 Å². The Morgan fingerprint density at radius 2 is 2.31 bits per heavy atom. The molecular weight excluding hydrogens is 225 g/mol. The monoisotopic (exact) mass is 241 g/mol. The van der Waals surface area contributed by atoms with E-state index in [0.717, 1.165) is 25.1 Å². The van der Waals surface area contributed by atoms with Gasteiger partial charge in [-0.15, -0.1) is 0 Å². The minimum absolute atomic E-state index is 0.279. The smallest absolute Gasteiger partial charge is 0.142 e. The van der Waals surface area contributed by atoms with Gasteiger partial charge in [0, 0.05) is 0 Å². The average Bonchev–Trinajstić information content (AvgIpc) is 2.31. The first kappa shape index (κ1) is 11.9. The van der Waals surface area contributed by atoms with E-state index in [-0.39, 0.29) is 10.8 Å². The van der Waals surface area contributed by atoms with E-state index >= 15 is 0 Å². The van der Waals surface area contributed by atoms with Crippen molar-refractivity contribution in [3.63, 3.8) is 0 Å². The zero-order valence-corrected chi connectivity index (χ0v) is 10.3. The molecule has 1 aliphatic rings. The van der Waals surface area contributed by atoms with Gasteiger partial charge in [-0.05, 0) is 62.4 Å². The summed E-state index contributed by atoms with van der Waals surface area (Å²) >= 11 is 5.91. The van der Waals surface area contributed by atoms with Crippen LogP contribution in [0.15, 0.2) is 12.1 Å². The second-order valence-electron chi connectivity index (χ2n) is 4.56. The Bertz CT molecular complexity index is 372. The summed E-state index contributed by atoms with van der Waals surface area (Å²) in [6, 6.07) is 3.34. The van der Waals surface area contributed by atoms with Crippen LogP contribution in [-0.4, -0.2) is 13.1 Å². The minimum Gasteiger partial charge on any atom is -0.316 e. The molecule has 1 atom stereocenters. The molecule has 0 amide bonds. The normalized spacial score (nSPS) is 21.1. The van der Waals surface area contributed by atoms with Crippen LogP contribution in [0.5, 0.6) is 0 Å². The Morgan fingerprint density at radius 1 is 1.50 bits per heavy atom. The van der Waals surface area contributed by atoms with Gasteiger partial charge >= 0.3 is 0 Å². The molecule has 1 N–H and O–H groups in total. The zero-order valence-electron chi connectivity index (χ0n) is 9.52. The summed E-state index contributed by atoms with van der Waals surface area (Å²) in [5.41, 5.74) is 2.08. The maximum absolute atomic E-state index is 13.2. The molecule has 1 nitrogen and oxygen atoms in total. The molecular formula is C13H17ClFN. The fourth-order valence-electron chi connectivity index (χ4n) is 2.32. The minimum atomic E-state index is -0.315. The van der Waals surface area contributed by atoms with Gasteiger partial charge in [-0.1, -0.05) is 17.7 Å². The number of hydrogen-bond donors (Lipinski definition) is 1. The standard InChI is InChI=1S/C13H17ClFN/c1-9-11(4-5-12(15)13(9)14)7-10-3-2-6-16-8-10/h4-5,10,16H,2-3,6-8H2,1H3. The third kappa shape index (κ3) is 2.55. The number of hydrogen-bond acceptors (Lipinski definition) is 1. The molecule has 0 aliphatic carbocycles. The summed E-state index contributed by atoms with van der Waals surface area (Å²) in [5, 5.41) is 3.67. The van der Waals surface area contributed by atoms with E-state index in [4.69, 9.17) is 11.6 Å². The molecule has 0 bridgehead atoms. The second kappa shape index (κ2) is 5.15. The average molecular weight is 242 g/mol. The van der Waals surface area contributed by atoms with Crippen molar-refractivity contribution >= 4 is 11.6 Å². The summed E-state index contributed by atoms with van der Waals surface area (Å²) in [4.78, 5) is 0. The van der Waals surface area contributed by atoms with E-state index in [0.29, 0.717) is 5.92 Å².